The lowest BCUT2D eigenvalue weighted by Crippen LogP contribution is -2.49. The third-order valence-electron chi connectivity index (χ3n) is 5.65. The van der Waals surface area contributed by atoms with Gasteiger partial charge < -0.3 is 24.7 Å². The van der Waals surface area contributed by atoms with E-state index in [1.807, 2.05) is 12.1 Å². The Morgan fingerprint density at radius 2 is 2.04 bits per heavy atom. The van der Waals surface area contributed by atoms with Gasteiger partial charge in [0, 0.05) is 44.7 Å². The van der Waals surface area contributed by atoms with Gasteiger partial charge in [-0.15, -0.1) is 24.0 Å². The van der Waals surface area contributed by atoms with Crippen LogP contribution in [0.15, 0.2) is 27.8 Å². The number of hydrogen-bond acceptors (Lipinski definition) is 4. The maximum atomic E-state index is 5.72. The Kier molecular flexibility index (Phi) is 8.26. The van der Waals surface area contributed by atoms with Crippen molar-refractivity contribution < 1.29 is 9.15 Å². The van der Waals surface area contributed by atoms with Crippen molar-refractivity contribution in [1.82, 2.24) is 15.5 Å². The first kappa shape index (κ1) is 20.9. The zero-order valence-electron chi connectivity index (χ0n) is 16.1. The minimum Gasteiger partial charge on any atom is -0.469 e. The van der Waals surface area contributed by atoms with E-state index in [0.29, 0.717) is 6.04 Å². The molecule has 27 heavy (non-hydrogen) atoms. The fourth-order valence-electron chi connectivity index (χ4n) is 3.93. The molecule has 0 spiro atoms. The molecule has 1 atom stereocenters. The number of rotatable bonds is 7. The van der Waals surface area contributed by atoms with E-state index in [9.17, 15) is 0 Å². The first-order valence-corrected chi connectivity index (χ1v) is 10.3. The monoisotopic (exact) mass is 488 g/mol. The SMILES string of the molecule is I.c1coc(CCNC(=NCC2CCCO2)NC2CCN(C3CC3)CC2)c1. The van der Waals surface area contributed by atoms with Gasteiger partial charge in [0.2, 0.25) is 0 Å². The van der Waals surface area contributed by atoms with Crippen LogP contribution in [0.4, 0.5) is 0 Å². The smallest absolute Gasteiger partial charge is 0.191 e. The van der Waals surface area contributed by atoms with Crippen molar-refractivity contribution in [3.05, 3.63) is 24.2 Å². The van der Waals surface area contributed by atoms with E-state index in [1.54, 1.807) is 6.26 Å². The van der Waals surface area contributed by atoms with Crippen LogP contribution < -0.4 is 10.6 Å². The predicted octanol–water partition coefficient (Wildman–Crippen LogP) is 2.78. The third-order valence-corrected chi connectivity index (χ3v) is 5.65. The second kappa shape index (κ2) is 10.7. The number of piperidine rings is 1. The number of nitrogens with one attached hydrogen (secondary N) is 2. The van der Waals surface area contributed by atoms with Crippen LogP contribution in [-0.2, 0) is 11.2 Å². The zero-order valence-corrected chi connectivity index (χ0v) is 18.4. The summed E-state index contributed by atoms with van der Waals surface area (Å²) in [5.74, 6) is 1.94. The van der Waals surface area contributed by atoms with Gasteiger partial charge in [-0.25, -0.2) is 0 Å². The first-order chi connectivity index (χ1) is 12.9. The molecule has 4 rings (SSSR count). The molecule has 3 heterocycles. The summed E-state index contributed by atoms with van der Waals surface area (Å²) in [6.07, 6.45) is 10.4. The molecule has 1 aromatic rings. The molecule has 7 heteroatoms. The molecule has 2 saturated heterocycles. The van der Waals surface area contributed by atoms with Gasteiger partial charge in [0.1, 0.15) is 5.76 Å². The summed E-state index contributed by atoms with van der Waals surface area (Å²) in [6, 6.07) is 5.36. The van der Waals surface area contributed by atoms with E-state index < -0.39 is 0 Å². The Morgan fingerprint density at radius 3 is 2.70 bits per heavy atom. The lowest BCUT2D eigenvalue weighted by molar-refractivity contribution is 0.117. The average molecular weight is 488 g/mol. The van der Waals surface area contributed by atoms with Gasteiger partial charge in [0.15, 0.2) is 5.96 Å². The quantitative estimate of drug-likeness (QED) is 0.351. The first-order valence-electron chi connectivity index (χ1n) is 10.3. The van der Waals surface area contributed by atoms with Crippen molar-refractivity contribution >= 4 is 29.9 Å². The van der Waals surface area contributed by atoms with Crippen molar-refractivity contribution in [3.63, 3.8) is 0 Å². The molecule has 6 nitrogen and oxygen atoms in total. The van der Waals surface area contributed by atoms with Crippen LogP contribution in [0.1, 0.15) is 44.3 Å². The minimum absolute atomic E-state index is 0. The summed E-state index contributed by atoms with van der Waals surface area (Å²) in [5, 5.41) is 7.15. The van der Waals surface area contributed by atoms with Gasteiger partial charge in [-0.3, -0.25) is 4.99 Å². The highest BCUT2D eigenvalue weighted by Crippen LogP contribution is 2.29. The van der Waals surface area contributed by atoms with E-state index in [0.717, 1.165) is 56.7 Å². The van der Waals surface area contributed by atoms with Crippen LogP contribution in [0.5, 0.6) is 0 Å². The Morgan fingerprint density at radius 1 is 1.19 bits per heavy atom. The zero-order chi connectivity index (χ0) is 17.6. The van der Waals surface area contributed by atoms with E-state index in [2.05, 4.69) is 15.5 Å². The lowest BCUT2D eigenvalue weighted by atomic mass is 10.1. The van der Waals surface area contributed by atoms with Gasteiger partial charge >= 0.3 is 0 Å². The fourth-order valence-corrected chi connectivity index (χ4v) is 3.93. The van der Waals surface area contributed by atoms with Crippen LogP contribution in [-0.4, -0.2) is 61.8 Å². The Balaban J connectivity index is 0.00000210. The molecule has 1 aromatic heterocycles. The molecule has 0 bridgehead atoms. The van der Waals surface area contributed by atoms with Crippen molar-refractivity contribution in [2.45, 2.75) is 63.1 Å². The predicted molar refractivity (Wildman–Crippen MR) is 118 cm³/mol. The van der Waals surface area contributed by atoms with Crippen LogP contribution >= 0.6 is 24.0 Å². The highest BCUT2D eigenvalue weighted by atomic mass is 127. The number of nitrogens with zero attached hydrogens (tertiary/aromatic N) is 2. The standard InChI is InChI=1S/C20H32N4O2.HI/c1-3-18(25-13-1)7-10-21-20(22-15-19-4-2-14-26-19)23-16-8-11-24(12-9-16)17-5-6-17;/h1,3,13,16-17,19H,2,4-12,14-15H2,(H2,21,22,23);1H. The molecule has 1 aliphatic carbocycles. The second-order valence-electron chi connectivity index (χ2n) is 7.77. The molecule has 152 valence electrons. The number of ether oxygens (including phenoxy) is 1. The lowest BCUT2D eigenvalue weighted by Gasteiger charge is -2.33. The number of guanidine groups is 1. The largest absolute Gasteiger partial charge is 0.469 e. The van der Waals surface area contributed by atoms with Crippen LogP contribution in [0, 0.1) is 0 Å². The number of furan rings is 1. The third kappa shape index (κ3) is 6.64. The minimum atomic E-state index is 0. The molecule has 1 saturated carbocycles. The normalized spacial score (nSPS) is 24.6. The van der Waals surface area contributed by atoms with Crippen molar-refractivity contribution in [1.29, 1.82) is 0 Å². The van der Waals surface area contributed by atoms with E-state index in [4.69, 9.17) is 14.1 Å². The van der Waals surface area contributed by atoms with Gasteiger partial charge in [-0.2, -0.15) is 0 Å². The fraction of sp³-hybridized carbons (Fsp3) is 0.750. The molecule has 2 aliphatic heterocycles. The molecule has 3 fully saturated rings. The summed E-state index contributed by atoms with van der Waals surface area (Å²) >= 11 is 0. The number of likely N-dealkylation sites (tertiary alicyclic amines) is 1. The van der Waals surface area contributed by atoms with E-state index in [1.165, 1.54) is 38.8 Å². The molecule has 1 unspecified atom stereocenters. The molecule has 0 radical (unpaired) electrons. The summed E-state index contributed by atoms with van der Waals surface area (Å²) in [7, 11) is 0. The number of aliphatic imine (C=N–C) groups is 1. The molecule has 2 N–H and O–H groups in total. The molecular formula is C20H33IN4O2. The summed E-state index contributed by atoms with van der Waals surface area (Å²) in [5.41, 5.74) is 0. The molecule has 0 amide bonds. The van der Waals surface area contributed by atoms with Gasteiger partial charge in [-0.05, 0) is 50.7 Å². The number of hydrogen-bond donors (Lipinski definition) is 2. The molecular weight excluding hydrogens is 455 g/mol. The second-order valence-corrected chi connectivity index (χ2v) is 7.77. The Labute approximate surface area is 179 Å². The average Bonchev–Trinajstić information content (AvgIpc) is 3.15. The van der Waals surface area contributed by atoms with Crippen molar-refractivity contribution in [2.24, 2.45) is 4.99 Å². The Bertz CT molecular complexity index is 563. The van der Waals surface area contributed by atoms with Crippen LogP contribution in [0.25, 0.3) is 0 Å². The van der Waals surface area contributed by atoms with Gasteiger partial charge in [0.25, 0.3) is 0 Å². The van der Waals surface area contributed by atoms with Crippen LogP contribution in [0.3, 0.4) is 0 Å². The van der Waals surface area contributed by atoms with E-state index in [-0.39, 0.29) is 30.1 Å². The number of halogens is 1. The van der Waals surface area contributed by atoms with Crippen molar-refractivity contribution in [2.75, 3.05) is 32.8 Å². The summed E-state index contributed by atoms with van der Waals surface area (Å²) in [4.78, 5) is 7.47. The molecule has 0 aromatic carbocycles. The highest BCUT2D eigenvalue weighted by Gasteiger charge is 2.31. The maximum absolute atomic E-state index is 5.72. The van der Waals surface area contributed by atoms with Crippen molar-refractivity contribution in [3.8, 4) is 0 Å². The maximum Gasteiger partial charge on any atom is 0.191 e. The van der Waals surface area contributed by atoms with Gasteiger partial charge in [-0.1, -0.05) is 0 Å². The van der Waals surface area contributed by atoms with Gasteiger partial charge in [0.05, 0.1) is 18.9 Å². The topological polar surface area (TPSA) is 62.0 Å². The van der Waals surface area contributed by atoms with Crippen LogP contribution in [0.2, 0.25) is 0 Å². The Hall–Kier alpha value is -0.800. The molecule has 3 aliphatic rings. The van der Waals surface area contributed by atoms with E-state index >= 15 is 0 Å². The summed E-state index contributed by atoms with van der Waals surface area (Å²) < 4.78 is 11.1. The highest BCUT2D eigenvalue weighted by molar-refractivity contribution is 14.0. The summed E-state index contributed by atoms with van der Waals surface area (Å²) in [6.45, 7) is 4.89.